The van der Waals surface area contributed by atoms with Gasteiger partial charge >= 0.3 is 5.00 Å². The molecule has 1 heterocycles. The number of hydrogen-bond donors (Lipinski definition) is 1. The predicted octanol–water partition coefficient (Wildman–Crippen LogP) is 3.15. The van der Waals surface area contributed by atoms with E-state index in [4.69, 9.17) is 16.3 Å². The molecule has 0 bridgehead atoms. The van der Waals surface area contributed by atoms with E-state index in [9.17, 15) is 14.9 Å². The quantitative estimate of drug-likeness (QED) is 0.490. The molecule has 0 saturated heterocycles. The molecule has 0 saturated carbocycles. The number of nitrogens with zero attached hydrogens (tertiary/aromatic N) is 2. The highest BCUT2D eigenvalue weighted by Crippen LogP contribution is 2.22. The average molecular weight is 354 g/mol. The summed E-state index contributed by atoms with van der Waals surface area (Å²) in [6.07, 6.45) is 1.34. The number of halogens is 1. The van der Waals surface area contributed by atoms with Crippen molar-refractivity contribution in [2.24, 2.45) is 5.10 Å². The number of hydrogen-bond acceptors (Lipinski definition) is 6. The second kappa shape index (κ2) is 7.70. The van der Waals surface area contributed by atoms with Crippen LogP contribution in [0.3, 0.4) is 0 Å². The lowest BCUT2D eigenvalue weighted by Gasteiger charge is -2.08. The van der Waals surface area contributed by atoms with E-state index in [0.717, 1.165) is 16.9 Å². The van der Waals surface area contributed by atoms with Crippen molar-refractivity contribution in [3.63, 3.8) is 0 Å². The van der Waals surface area contributed by atoms with E-state index in [0.29, 0.717) is 15.6 Å². The Labute approximate surface area is 140 Å². The average Bonchev–Trinajstić information content (AvgIpc) is 2.95. The second-order valence-corrected chi connectivity index (χ2v) is 5.96. The van der Waals surface area contributed by atoms with Crippen LogP contribution in [0.1, 0.15) is 10.4 Å². The van der Waals surface area contributed by atoms with Gasteiger partial charge in [0.15, 0.2) is 6.61 Å². The summed E-state index contributed by atoms with van der Waals surface area (Å²) in [4.78, 5) is 22.2. The number of carbonyl (C=O) groups is 1. The third kappa shape index (κ3) is 5.04. The highest BCUT2D eigenvalue weighted by molar-refractivity contribution is 7.16. The first-order valence-corrected chi connectivity index (χ1v) is 7.60. The maximum absolute atomic E-state index is 11.6. The van der Waals surface area contributed by atoms with Crippen LogP contribution in [0, 0.1) is 17.0 Å². The van der Waals surface area contributed by atoms with Crippen molar-refractivity contribution in [2.45, 2.75) is 6.92 Å². The van der Waals surface area contributed by atoms with Gasteiger partial charge in [-0.15, -0.1) is 0 Å². The Kier molecular flexibility index (Phi) is 5.67. The molecule has 0 fully saturated rings. The summed E-state index contributed by atoms with van der Waals surface area (Å²) in [5.74, 6) is 0.115. The SMILES string of the molecule is Cc1cc(Cl)ccc1OCC(=O)N/N=C\c1ccc([N+](=O)[O-])s1. The van der Waals surface area contributed by atoms with E-state index in [1.807, 2.05) is 6.92 Å². The van der Waals surface area contributed by atoms with Crippen molar-refractivity contribution >= 4 is 40.1 Å². The molecule has 0 aliphatic rings. The molecule has 7 nitrogen and oxygen atoms in total. The zero-order valence-corrected chi connectivity index (χ0v) is 13.6. The van der Waals surface area contributed by atoms with Crippen LogP contribution < -0.4 is 10.2 Å². The van der Waals surface area contributed by atoms with Gasteiger partial charge in [0, 0.05) is 11.1 Å². The number of ether oxygens (including phenoxy) is 1. The number of benzene rings is 1. The molecule has 23 heavy (non-hydrogen) atoms. The fourth-order valence-corrected chi connectivity index (χ4v) is 2.55. The Morgan fingerprint density at radius 3 is 2.91 bits per heavy atom. The van der Waals surface area contributed by atoms with E-state index < -0.39 is 10.8 Å². The first kappa shape index (κ1) is 16.9. The van der Waals surface area contributed by atoms with E-state index in [2.05, 4.69) is 10.5 Å². The highest BCUT2D eigenvalue weighted by Gasteiger charge is 2.08. The van der Waals surface area contributed by atoms with Crippen LogP contribution in [0.5, 0.6) is 5.75 Å². The van der Waals surface area contributed by atoms with Crippen LogP contribution >= 0.6 is 22.9 Å². The molecule has 0 spiro atoms. The second-order valence-electron chi connectivity index (χ2n) is 4.42. The van der Waals surface area contributed by atoms with Crippen molar-refractivity contribution in [1.82, 2.24) is 5.43 Å². The minimum Gasteiger partial charge on any atom is -0.483 e. The Balaban J connectivity index is 1.82. The first-order chi connectivity index (χ1) is 11.0. The lowest BCUT2D eigenvalue weighted by Crippen LogP contribution is -2.24. The highest BCUT2D eigenvalue weighted by atomic mass is 35.5. The van der Waals surface area contributed by atoms with Gasteiger partial charge in [0.2, 0.25) is 0 Å². The van der Waals surface area contributed by atoms with Crippen LogP contribution in [0.2, 0.25) is 5.02 Å². The smallest absolute Gasteiger partial charge is 0.324 e. The normalized spacial score (nSPS) is 10.7. The van der Waals surface area contributed by atoms with Crippen LogP contribution in [0.15, 0.2) is 35.4 Å². The zero-order valence-electron chi connectivity index (χ0n) is 12.0. The number of thiophene rings is 1. The summed E-state index contributed by atoms with van der Waals surface area (Å²) in [5.41, 5.74) is 3.11. The maximum atomic E-state index is 11.6. The third-order valence-corrected chi connectivity index (χ3v) is 3.88. The fraction of sp³-hybridized carbons (Fsp3) is 0.143. The first-order valence-electron chi connectivity index (χ1n) is 6.41. The molecule has 1 aromatic heterocycles. The molecule has 1 amide bonds. The molecule has 0 radical (unpaired) electrons. The molecule has 1 N–H and O–H groups in total. The van der Waals surface area contributed by atoms with Crippen LogP contribution in [0.4, 0.5) is 5.00 Å². The van der Waals surface area contributed by atoms with Gasteiger partial charge in [0.25, 0.3) is 5.91 Å². The fourth-order valence-electron chi connectivity index (χ4n) is 1.63. The van der Waals surface area contributed by atoms with Crippen LogP contribution in [0.25, 0.3) is 0 Å². The van der Waals surface area contributed by atoms with Crippen molar-refractivity contribution < 1.29 is 14.5 Å². The van der Waals surface area contributed by atoms with Gasteiger partial charge in [0.05, 0.1) is 16.0 Å². The summed E-state index contributed by atoms with van der Waals surface area (Å²) in [5, 5.41) is 14.9. The lowest BCUT2D eigenvalue weighted by atomic mass is 10.2. The number of hydrazone groups is 1. The summed E-state index contributed by atoms with van der Waals surface area (Å²) in [6, 6.07) is 8.01. The third-order valence-electron chi connectivity index (χ3n) is 2.67. The molecule has 0 unspecified atom stereocenters. The lowest BCUT2D eigenvalue weighted by molar-refractivity contribution is -0.380. The molecule has 120 valence electrons. The van der Waals surface area contributed by atoms with Crippen LogP contribution in [-0.4, -0.2) is 23.7 Å². The molecular formula is C14H12ClN3O4S. The monoisotopic (exact) mass is 353 g/mol. The molecule has 0 aliphatic carbocycles. The molecule has 0 atom stereocenters. The number of aryl methyl sites for hydroxylation is 1. The van der Waals surface area contributed by atoms with Crippen molar-refractivity contribution in [2.75, 3.05) is 6.61 Å². The Hall–Kier alpha value is -2.45. The Morgan fingerprint density at radius 2 is 2.26 bits per heavy atom. The number of nitrogens with one attached hydrogen (secondary N) is 1. The Bertz CT molecular complexity index is 760. The summed E-state index contributed by atoms with van der Waals surface area (Å²) in [7, 11) is 0. The van der Waals surface area contributed by atoms with E-state index in [-0.39, 0.29) is 11.6 Å². The number of nitro groups is 1. The number of rotatable bonds is 6. The van der Waals surface area contributed by atoms with Gasteiger partial charge in [-0.05, 0) is 36.8 Å². The number of carbonyl (C=O) groups excluding carboxylic acids is 1. The minimum absolute atomic E-state index is 0.0133. The van der Waals surface area contributed by atoms with Gasteiger partial charge in [-0.25, -0.2) is 5.43 Å². The van der Waals surface area contributed by atoms with Crippen molar-refractivity contribution in [1.29, 1.82) is 0 Å². The summed E-state index contributed by atoms with van der Waals surface area (Å²) < 4.78 is 5.36. The minimum atomic E-state index is -0.483. The largest absolute Gasteiger partial charge is 0.483 e. The molecule has 1 aromatic carbocycles. The van der Waals surface area contributed by atoms with Gasteiger partial charge in [0.1, 0.15) is 5.75 Å². The molecule has 0 aliphatic heterocycles. The standard InChI is InChI=1S/C14H12ClN3O4S/c1-9-6-10(15)2-4-12(9)22-8-13(19)17-16-7-11-3-5-14(23-11)18(20)21/h2-7H,8H2,1H3,(H,17,19)/b16-7-. The zero-order chi connectivity index (χ0) is 16.8. The maximum Gasteiger partial charge on any atom is 0.324 e. The van der Waals surface area contributed by atoms with Crippen LogP contribution in [-0.2, 0) is 4.79 Å². The number of amides is 1. The predicted molar refractivity (Wildman–Crippen MR) is 88.4 cm³/mol. The van der Waals surface area contributed by atoms with Crippen molar-refractivity contribution in [3.8, 4) is 5.75 Å². The molecule has 9 heteroatoms. The van der Waals surface area contributed by atoms with Gasteiger partial charge in [-0.1, -0.05) is 22.9 Å². The van der Waals surface area contributed by atoms with Gasteiger partial charge in [-0.3, -0.25) is 14.9 Å². The van der Waals surface area contributed by atoms with E-state index in [1.165, 1.54) is 12.3 Å². The Morgan fingerprint density at radius 1 is 1.48 bits per heavy atom. The van der Waals surface area contributed by atoms with Crippen molar-refractivity contribution in [3.05, 3.63) is 55.9 Å². The molecule has 2 aromatic rings. The van der Waals surface area contributed by atoms with Gasteiger partial charge in [-0.2, -0.15) is 5.10 Å². The summed E-state index contributed by atoms with van der Waals surface area (Å²) in [6.45, 7) is 1.62. The summed E-state index contributed by atoms with van der Waals surface area (Å²) >= 11 is 6.80. The topological polar surface area (TPSA) is 93.8 Å². The molecular weight excluding hydrogens is 342 g/mol. The van der Waals surface area contributed by atoms with Gasteiger partial charge < -0.3 is 4.74 Å². The van der Waals surface area contributed by atoms with E-state index in [1.54, 1.807) is 24.3 Å². The van der Waals surface area contributed by atoms with E-state index >= 15 is 0 Å². The molecule has 2 rings (SSSR count).